The Kier molecular flexibility index (Phi) is 14.1. The van der Waals surface area contributed by atoms with Crippen LogP contribution in [0.1, 0.15) is 87.6 Å². The third-order valence-corrected chi connectivity index (χ3v) is 5.31. The summed E-state index contributed by atoms with van der Waals surface area (Å²) in [5, 5.41) is 2.38. The monoisotopic (exact) mass is 524 g/mol. The molecule has 0 fully saturated rings. The number of rotatable bonds is 7. The third kappa shape index (κ3) is 11.7. The molecule has 0 radical (unpaired) electrons. The van der Waals surface area contributed by atoms with E-state index in [2.05, 4.69) is 73.6 Å². The van der Waals surface area contributed by atoms with Gasteiger partial charge >= 0.3 is 5.97 Å². The lowest BCUT2D eigenvalue weighted by Crippen LogP contribution is -2.36. The van der Waals surface area contributed by atoms with E-state index in [1.807, 2.05) is 13.8 Å². The van der Waals surface area contributed by atoms with Gasteiger partial charge in [0.05, 0.1) is 13.2 Å². The molecule has 2 N–H and O–H groups in total. The van der Waals surface area contributed by atoms with Crippen LogP contribution in [0.25, 0.3) is 0 Å². The molecule has 1 aromatic carbocycles. The number of carbonyl (C=O) groups excluding carboxylic acids is 2. The van der Waals surface area contributed by atoms with Gasteiger partial charge in [0.2, 0.25) is 0 Å². The second-order valence-electron chi connectivity index (χ2n) is 9.64. The Labute approximate surface area is 227 Å². The number of pyridine rings is 1. The number of H-pyrrole nitrogens is 1. The number of fused-ring (bicyclic) bond motifs is 1. The number of hydrogen-bond donors (Lipinski definition) is 2. The maximum atomic E-state index is 12.0. The zero-order valence-electron chi connectivity index (χ0n) is 24.2. The van der Waals surface area contributed by atoms with E-state index in [1.54, 1.807) is 20.8 Å². The van der Waals surface area contributed by atoms with Crippen LogP contribution in [-0.4, -0.2) is 29.0 Å². The molecule has 0 bridgehead atoms. The summed E-state index contributed by atoms with van der Waals surface area (Å²) in [7, 11) is 0. The van der Waals surface area contributed by atoms with Crippen molar-refractivity contribution in [3.63, 3.8) is 0 Å². The quantitative estimate of drug-likeness (QED) is 0.344. The predicted molar refractivity (Wildman–Crippen MR) is 153 cm³/mol. The number of hydrogen-bond acceptors (Lipinski definition) is 5. The molecule has 38 heavy (non-hydrogen) atoms. The summed E-state index contributed by atoms with van der Waals surface area (Å²) in [6.07, 6.45) is 8.61. The van der Waals surface area contributed by atoms with Gasteiger partial charge in [0.25, 0.3) is 11.5 Å². The zero-order chi connectivity index (χ0) is 28.7. The fraction of sp³-hybridized carbons (Fsp3) is 0.452. The standard InChI is InChI=1S/C15H20.C14H18N2O5.C2H6/c1-4-6-7-14(5-2)12-15-10-8-13(3)9-11-15;1-14(2,3)21-11(17)5-15-12(18)9-4-8-6-20-7-10(8)16-13(9)19;1-2/h4,6-11H,5,12H2,1-3H3;4H,5-7H2,1-3H3,(H,15,18)(H,16,19);1-2H3/b6-4-,14-7-;;. The second kappa shape index (κ2) is 16.4. The highest BCUT2D eigenvalue weighted by Gasteiger charge is 2.20. The Bertz CT molecular complexity index is 1150. The fourth-order valence-electron chi connectivity index (χ4n) is 3.43. The van der Waals surface area contributed by atoms with Gasteiger partial charge in [-0.05, 0) is 59.1 Å². The maximum Gasteiger partial charge on any atom is 0.325 e. The smallest absolute Gasteiger partial charge is 0.325 e. The molecule has 1 aliphatic rings. The first kappa shape index (κ1) is 32.6. The molecule has 1 aliphatic heterocycles. The summed E-state index contributed by atoms with van der Waals surface area (Å²) < 4.78 is 10.3. The summed E-state index contributed by atoms with van der Waals surface area (Å²) in [5.74, 6) is -1.17. The van der Waals surface area contributed by atoms with Crippen LogP contribution in [0.15, 0.2) is 58.9 Å². The molecular formula is C31H44N2O5. The highest BCUT2D eigenvalue weighted by molar-refractivity contribution is 5.95. The minimum absolute atomic E-state index is 0.0391. The van der Waals surface area contributed by atoms with Crippen molar-refractivity contribution in [2.24, 2.45) is 0 Å². The first-order valence-corrected chi connectivity index (χ1v) is 13.2. The van der Waals surface area contributed by atoms with E-state index >= 15 is 0 Å². The molecule has 0 aliphatic carbocycles. The average molecular weight is 525 g/mol. The lowest BCUT2D eigenvalue weighted by Gasteiger charge is -2.19. The van der Waals surface area contributed by atoms with Crippen LogP contribution in [-0.2, 0) is 33.9 Å². The summed E-state index contributed by atoms with van der Waals surface area (Å²) in [6.45, 7) is 16.0. The first-order valence-electron chi connectivity index (χ1n) is 13.2. The molecule has 7 heteroatoms. The highest BCUT2D eigenvalue weighted by Crippen LogP contribution is 2.16. The van der Waals surface area contributed by atoms with Crippen LogP contribution in [0.4, 0.5) is 0 Å². The number of carbonyl (C=O) groups is 2. The van der Waals surface area contributed by atoms with Crippen LogP contribution in [0.2, 0.25) is 0 Å². The van der Waals surface area contributed by atoms with Crippen molar-refractivity contribution in [2.45, 2.75) is 87.0 Å². The number of aryl methyl sites for hydroxylation is 1. The maximum absolute atomic E-state index is 12.0. The Morgan fingerprint density at radius 2 is 1.79 bits per heavy atom. The number of benzene rings is 1. The SMILES string of the molecule is C/C=C\C=C(\CC)Cc1ccc(C)cc1.CC.CC(C)(C)OC(=O)CNC(=O)c1cc2c([nH]c1=O)COC2. The third-order valence-electron chi connectivity index (χ3n) is 5.31. The van der Waals surface area contributed by atoms with Gasteiger partial charge < -0.3 is 19.8 Å². The summed E-state index contributed by atoms with van der Waals surface area (Å²) in [5.41, 5.74) is 4.51. The number of aromatic amines is 1. The zero-order valence-corrected chi connectivity index (χ0v) is 24.2. The van der Waals surface area contributed by atoms with Crippen molar-refractivity contribution in [3.05, 3.63) is 92.4 Å². The number of allylic oxidation sites excluding steroid dienone is 4. The van der Waals surface area contributed by atoms with Crippen LogP contribution in [0.5, 0.6) is 0 Å². The Balaban J connectivity index is 0.000000375. The van der Waals surface area contributed by atoms with E-state index < -0.39 is 23.0 Å². The molecule has 0 atom stereocenters. The highest BCUT2D eigenvalue weighted by atomic mass is 16.6. The van der Waals surface area contributed by atoms with Crippen LogP contribution >= 0.6 is 0 Å². The van der Waals surface area contributed by atoms with Crippen molar-refractivity contribution in [3.8, 4) is 0 Å². The van der Waals surface area contributed by atoms with E-state index in [-0.39, 0.29) is 12.1 Å². The van der Waals surface area contributed by atoms with E-state index in [1.165, 1.54) is 22.8 Å². The number of ether oxygens (including phenoxy) is 2. The molecule has 2 aromatic rings. The van der Waals surface area contributed by atoms with Crippen LogP contribution in [0, 0.1) is 6.92 Å². The van der Waals surface area contributed by atoms with Gasteiger partial charge in [-0.25, -0.2) is 0 Å². The molecule has 3 rings (SSSR count). The van der Waals surface area contributed by atoms with Crippen LogP contribution in [0.3, 0.4) is 0 Å². The normalized spacial score (nSPS) is 12.6. The molecule has 1 aromatic heterocycles. The number of aromatic nitrogens is 1. The van der Waals surface area contributed by atoms with Crippen molar-refractivity contribution in [1.82, 2.24) is 10.3 Å². The van der Waals surface area contributed by atoms with Crippen molar-refractivity contribution < 1.29 is 19.1 Å². The molecule has 0 saturated heterocycles. The molecule has 1 amide bonds. The lowest BCUT2D eigenvalue weighted by molar-refractivity contribution is -0.153. The number of nitrogens with one attached hydrogen (secondary N) is 2. The number of amides is 1. The molecule has 0 saturated carbocycles. The van der Waals surface area contributed by atoms with E-state index in [4.69, 9.17) is 9.47 Å². The van der Waals surface area contributed by atoms with Gasteiger partial charge in [0.15, 0.2) is 0 Å². The predicted octanol–water partition coefficient (Wildman–Crippen LogP) is 5.95. The summed E-state index contributed by atoms with van der Waals surface area (Å²) in [6, 6.07) is 10.3. The van der Waals surface area contributed by atoms with Gasteiger partial charge in [-0.15, -0.1) is 0 Å². The molecule has 0 spiro atoms. The van der Waals surface area contributed by atoms with Gasteiger partial charge in [0.1, 0.15) is 17.7 Å². The van der Waals surface area contributed by atoms with Gasteiger partial charge in [-0.3, -0.25) is 14.4 Å². The van der Waals surface area contributed by atoms with E-state index in [0.717, 1.165) is 18.4 Å². The average Bonchev–Trinajstić information content (AvgIpc) is 3.33. The van der Waals surface area contributed by atoms with Crippen molar-refractivity contribution >= 4 is 11.9 Å². The largest absolute Gasteiger partial charge is 0.459 e. The fourth-order valence-corrected chi connectivity index (χ4v) is 3.43. The van der Waals surface area contributed by atoms with E-state index in [0.29, 0.717) is 18.9 Å². The Morgan fingerprint density at radius 3 is 2.37 bits per heavy atom. The summed E-state index contributed by atoms with van der Waals surface area (Å²) >= 11 is 0. The summed E-state index contributed by atoms with van der Waals surface area (Å²) in [4.78, 5) is 37.9. The van der Waals surface area contributed by atoms with Crippen molar-refractivity contribution in [2.75, 3.05) is 6.54 Å². The van der Waals surface area contributed by atoms with Gasteiger partial charge in [-0.1, -0.05) is 74.4 Å². The second-order valence-corrected chi connectivity index (χ2v) is 9.64. The molecule has 7 nitrogen and oxygen atoms in total. The van der Waals surface area contributed by atoms with Crippen LogP contribution < -0.4 is 10.9 Å². The Morgan fingerprint density at radius 1 is 1.13 bits per heavy atom. The molecular weight excluding hydrogens is 480 g/mol. The van der Waals surface area contributed by atoms with E-state index in [9.17, 15) is 14.4 Å². The minimum Gasteiger partial charge on any atom is -0.459 e. The molecule has 208 valence electrons. The van der Waals surface area contributed by atoms with Gasteiger partial charge in [0, 0.05) is 11.3 Å². The minimum atomic E-state index is -0.621. The molecule has 2 heterocycles. The molecule has 0 unspecified atom stereocenters. The Hall–Kier alpha value is -3.45. The van der Waals surface area contributed by atoms with Gasteiger partial charge in [-0.2, -0.15) is 0 Å². The van der Waals surface area contributed by atoms with Crippen molar-refractivity contribution in [1.29, 1.82) is 0 Å². The number of esters is 1. The lowest BCUT2D eigenvalue weighted by atomic mass is 10.0. The first-order chi connectivity index (χ1) is 18.0. The topological polar surface area (TPSA) is 97.5 Å².